The number of benzene rings is 2. The third-order valence-electron chi connectivity index (χ3n) is 6.38. The number of imidazole rings is 1. The number of carbonyl (C=O) groups excluding carboxylic acids is 2. The molecule has 1 amide bonds. The molecule has 7 nitrogen and oxygen atoms in total. The zero-order valence-corrected chi connectivity index (χ0v) is 21.7. The highest BCUT2D eigenvalue weighted by molar-refractivity contribution is 7.23. The van der Waals surface area contributed by atoms with Crippen LogP contribution in [0.5, 0.6) is 0 Å². The smallest absolute Gasteiger partial charge is 0.410 e. The zero-order valence-electron chi connectivity index (χ0n) is 20.9. The summed E-state index contributed by atoms with van der Waals surface area (Å²) in [6, 6.07) is 8.60. The van der Waals surface area contributed by atoms with Gasteiger partial charge < -0.3 is 14.4 Å². The first-order valence-electron chi connectivity index (χ1n) is 11.9. The number of hydrogen-bond donors (Lipinski definition) is 0. The largest absolute Gasteiger partial charge is 0.465 e. The second kappa shape index (κ2) is 8.89. The molecule has 5 rings (SSSR count). The third kappa shape index (κ3) is 4.32. The first-order valence-corrected chi connectivity index (χ1v) is 12.7. The summed E-state index contributed by atoms with van der Waals surface area (Å²) in [5, 5.41) is 0. The van der Waals surface area contributed by atoms with Gasteiger partial charge in [0, 0.05) is 18.3 Å². The van der Waals surface area contributed by atoms with Crippen LogP contribution >= 0.6 is 11.3 Å². The highest BCUT2D eigenvalue weighted by Gasteiger charge is 2.33. The molecule has 188 valence electrons. The lowest BCUT2D eigenvalue weighted by molar-refractivity contribution is 0.0224. The summed E-state index contributed by atoms with van der Waals surface area (Å²) in [6.07, 6.45) is 3.04. The molecule has 3 heterocycles. The van der Waals surface area contributed by atoms with Crippen molar-refractivity contribution in [2.24, 2.45) is 0 Å². The van der Waals surface area contributed by atoms with Gasteiger partial charge in [-0.1, -0.05) is 17.4 Å². The Morgan fingerprint density at radius 1 is 1.19 bits per heavy atom. The number of aryl methyl sites for hydroxylation is 1. The van der Waals surface area contributed by atoms with E-state index < -0.39 is 5.60 Å². The Balaban J connectivity index is 1.45. The van der Waals surface area contributed by atoms with Gasteiger partial charge in [0.2, 0.25) is 0 Å². The number of ether oxygens (including phenoxy) is 2. The van der Waals surface area contributed by atoms with Crippen molar-refractivity contribution in [3.8, 4) is 11.3 Å². The van der Waals surface area contributed by atoms with Crippen LogP contribution < -0.4 is 0 Å². The topological polar surface area (TPSA) is 73.1 Å². The van der Waals surface area contributed by atoms with E-state index in [0.717, 1.165) is 34.2 Å². The van der Waals surface area contributed by atoms with Crippen molar-refractivity contribution >= 4 is 38.6 Å². The number of nitrogens with zero attached hydrogens (tertiary/aromatic N) is 3. The van der Waals surface area contributed by atoms with E-state index in [1.54, 1.807) is 11.0 Å². The lowest BCUT2D eigenvalue weighted by atomic mass is 10.0. The molecular weight excluding hydrogens is 481 g/mol. The number of amides is 1. The van der Waals surface area contributed by atoms with E-state index in [1.165, 1.54) is 24.5 Å². The summed E-state index contributed by atoms with van der Waals surface area (Å²) in [6.45, 7) is 7.95. The highest BCUT2D eigenvalue weighted by atomic mass is 32.1. The van der Waals surface area contributed by atoms with Crippen molar-refractivity contribution in [3.63, 3.8) is 0 Å². The first kappa shape index (κ1) is 24.2. The number of methoxy groups -OCH3 is 1. The predicted molar refractivity (Wildman–Crippen MR) is 137 cm³/mol. The average Bonchev–Trinajstić information content (AvgIpc) is 3.52. The van der Waals surface area contributed by atoms with Crippen molar-refractivity contribution in [2.45, 2.75) is 52.2 Å². The Labute approximate surface area is 212 Å². The van der Waals surface area contributed by atoms with Crippen LogP contribution in [0, 0.1) is 12.7 Å². The molecule has 0 spiro atoms. The monoisotopic (exact) mass is 509 g/mol. The number of esters is 1. The Bertz CT molecular complexity index is 1500. The van der Waals surface area contributed by atoms with E-state index in [-0.39, 0.29) is 23.9 Å². The molecule has 1 aliphatic heterocycles. The van der Waals surface area contributed by atoms with Gasteiger partial charge in [0.1, 0.15) is 11.4 Å². The Hall–Kier alpha value is -3.46. The Morgan fingerprint density at radius 2 is 1.97 bits per heavy atom. The molecule has 0 radical (unpaired) electrons. The van der Waals surface area contributed by atoms with Gasteiger partial charge in [-0.25, -0.2) is 19.0 Å². The molecule has 1 atom stereocenters. The average molecular weight is 510 g/mol. The van der Waals surface area contributed by atoms with Crippen LogP contribution in [0.4, 0.5) is 9.18 Å². The summed E-state index contributed by atoms with van der Waals surface area (Å²) in [7, 11) is 1.36. The van der Waals surface area contributed by atoms with Crippen molar-refractivity contribution in [1.82, 2.24) is 14.3 Å². The molecule has 9 heteroatoms. The minimum Gasteiger partial charge on any atom is -0.465 e. The molecule has 4 aromatic rings. The second-order valence-electron chi connectivity index (χ2n) is 10.1. The highest BCUT2D eigenvalue weighted by Crippen LogP contribution is 2.36. The van der Waals surface area contributed by atoms with E-state index in [9.17, 15) is 9.59 Å². The van der Waals surface area contributed by atoms with Crippen LogP contribution in [0.25, 0.3) is 26.4 Å². The van der Waals surface area contributed by atoms with E-state index in [0.29, 0.717) is 28.3 Å². The SMILES string of the molecule is COC(=O)c1cc2sc3nc(-c4ccc(C5CCCN5C(=O)OC(C)(C)C)cc4F)cn3c2cc1C. The summed E-state index contributed by atoms with van der Waals surface area (Å²) in [5.74, 6) is -0.765. The molecule has 1 aliphatic rings. The Morgan fingerprint density at radius 3 is 2.67 bits per heavy atom. The number of likely N-dealkylation sites (tertiary alicyclic amines) is 1. The van der Waals surface area contributed by atoms with Gasteiger partial charge in [-0.2, -0.15) is 0 Å². The van der Waals surface area contributed by atoms with Gasteiger partial charge >= 0.3 is 12.1 Å². The van der Waals surface area contributed by atoms with Crippen LogP contribution in [0.2, 0.25) is 0 Å². The summed E-state index contributed by atoms with van der Waals surface area (Å²) in [5.41, 5.74) is 3.29. The van der Waals surface area contributed by atoms with Crippen LogP contribution in [0.1, 0.15) is 61.1 Å². The van der Waals surface area contributed by atoms with Gasteiger partial charge in [-0.3, -0.25) is 4.40 Å². The quantitative estimate of drug-likeness (QED) is 0.294. The van der Waals surface area contributed by atoms with Crippen LogP contribution in [0.15, 0.2) is 36.5 Å². The fourth-order valence-electron chi connectivity index (χ4n) is 4.71. The third-order valence-corrected chi connectivity index (χ3v) is 7.40. The van der Waals surface area contributed by atoms with Crippen LogP contribution in [-0.4, -0.2) is 45.6 Å². The maximum atomic E-state index is 15.4. The first-order chi connectivity index (χ1) is 17.1. The van der Waals surface area contributed by atoms with Crippen molar-refractivity contribution in [3.05, 3.63) is 59.0 Å². The van der Waals surface area contributed by atoms with E-state index in [1.807, 2.05) is 56.5 Å². The van der Waals surface area contributed by atoms with Gasteiger partial charge in [-0.05, 0) is 75.9 Å². The number of hydrogen-bond acceptors (Lipinski definition) is 6. The molecule has 0 N–H and O–H groups in total. The van der Waals surface area contributed by atoms with E-state index in [2.05, 4.69) is 4.98 Å². The number of fused-ring (bicyclic) bond motifs is 3. The standard InChI is InChI=1S/C27H28FN3O4S/c1-15-11-22-23(13-18(15)24(32)34-5)36-25-29-20(14-31(22)25)17-9-8-16(12-19(17)28)21-7-6-10-30(21)26(33)35-27(2,3)4/h8-9,11-14,21H,6-7,10H2,1-5H3. The Kier molecular flexibility index (Phi) is 5.98. The van der Waals surface area contributed by atoms with E-state index >= 15 is 4.39 Å². The second-order valence-corrected chi connectivity index (χ2v) is 11.1. The fourth-order valence-corrected chi connectivity index (χ4v) is 5.74. The van der Waals surface area contributed by atoms with Crippen molar-refractivity contribution in [1.29, 1.82) is 0 Å². The van der Waals surface area contributed by atoms with Gasteiger partial charge in [0.25, 0.3) is 0 Å². The van der Waals surface area contributed by atoms with Crippen molar-refractivity contribution in [2.75, 3.05) is 13.7 Å². The molecule has 0 bridgehead atoms. The number of thiazole rings is 1. The molecule has 1 saturated heterocycles. The predicted octanol–water partition coefficient (Wildman–Crippen LogP) is 6.52. The summed E-state index contributed by atoms with van der Waals surface area (Å²) >= 11 is 1.43. The van der Waals surface area contributed by atoms with Gasteiger partial charge in [-0.15, -0.1) is 0 Å². The zero-order chi connectivity index (χ0) is 25.8. The fraction of sp³-hybridized carbons (Fsp3) is 0.370. The lowest BCUT2D eigenvalue weighted by Crippen LogP contribution is -2.36. The molecule has 1 fully saturated rings. The molecular formula is C27H28FN3O4S. The molecule has 0 aliphatic carbocycles. The maximum Gasteiger partial charge on any atom is 0.410 e. The molecule has 36 heavy (non-hydrogen) atoms. The number of rotatable bonds is 3. The maximum absolute atomic E-state index is 15.4. The lowest BCUT2D eigenvalue weighted by Gasteiger charge is -2.29. The molecule has 1 unspecified atom stereocenters. The van der Waals surface area contributed by atoms with Crippen LogP contribution in [-0.2, 0) is 9.47 Å². The minimum absolute atomic E-state index is 0.218. The molecule has 2 aromatic heterocycles. The number of halogens is 1. The molecule has 2 aromatic carbocycles. The van der Waals surface area contributed by atoms with E-state index in [4.69, 9.17) is 9.47 Å². The number of carbonyl (C=O) groups is 2. The van der Waals surface area contributed by atoms with Gasteiger partial charge in [0.15, 0.2) is 4.96 Å². The normalized spacial score (nSPS) is 16.2. The minimum atomic E-state index is -0.586. The van der Waals surface area contributed by atoms with Crippen molar-refractivity contribution < 1.29 is 23.5 Å². The van der Waals surface area contributed by atoms with Gasteiger partial charge in [0.05, 0.1) is 34.6 Å². The molecule has 0 saturated carbocycles. The summed E-state index contributed by atoms with van der Waals surface area (Å²) in [4.78, 5) is 31.8. The van der Waals surface area contributed by atoms with Crippen LogP contribution in [0.3, 0.4) is 0 Å². The summed E-state index contributed by atoms with van der Waals surface area (Å²) < 4.78 is 28.6. The number of aromatic nitrogens is 2.